The van der Waals surface area contributed by atoms with Gasteiger partial charge in [0.2, 0.25) is 0 Å². The Balaban J connectivity index is 2.09. The van der Waals surface area contributed by atoms with E-state index in [0.717, 1.165) is 5.92 Å². The molecule has 1 N–H and O–H groups in total. The number of aryl methyl sites for hydroxylation is 2. The van der Waals surface area contributed by atoms with E-state index in [2.05, 4.69) is 38.1 Å². The van der Waals surface area contributed by atoms with Crippen LogP contribution in [0.25, 0.3) is 0 Å². The molecule has 0 radical (unpaired) electrons. The second-order valence-corrected chi connectivity index (χ2v) is 6.32. The number of nitrogens with zero attached hydrogens (tertiary/aromatic N) is 2. The van der Waals surface area contributed by atoms with E-state index in [1.54, 1.807) is 0 Å². The average Bonchev–Trinajstić information content (AvgIpc) is 2.51. The lowest BCUT2D eigenvalue weighted by molar-refractivity contribution is 0.329. The zero-order chi connectivity index (χ0) is 14.0. The summed E-state index contributed by atoms with van der Waals surface area (Å²) >= 11 is 0. The van der Waals surface area contributed by atoms with Gasteiger partial charge in [0.1, 0.15) is 0 Å². The maximum absolute atomic E-state index is 4.54. The molecule has 1 aromatic rings. The Hall–Kier alpha value is -0.830. The van der Waals surface area contributed by atoms with E-state index in [-0.39, 0.29) is 0 Å². The highest BCUT2D eigenvalue weighted by atomic mass is 15.3. The van der Waals surface area contributed by atoms with Crippen LogP contribution in [0.2, 0.25) is 0 Å². The van der Waals surface area contributed by atoms with Crippen LogP contribution in [0.5, 0.6) is 0 Å². The van der Waals surface area contributed by atoms with Crippen LogP contribution < -0.4 is 5.32 Å². The van der Waals surface area contributed by atoms with E-state index in [9.17, 15) is 0 Å². The number of rotatable bonds is 3. The SMILES string of the molecule is Cc1nn(C)c(C)c1C(C)NC1CCCCCC1C. The Kier molecular flexibility index (Phi) is 4.67. The Labute approximate surface area is 117 Å². The summed E-state index contributed by atoms with van der Waals surface area (Å²) in [4.78, 5) is 0. The minimum Gasteiger partial charge on any atom is -0.307 e. The van der Waals surface area contributed by atoms with Gasteiger partial charge in [-0.3, -0.25) is 4.68 Å². The zero-order valence-electron chi connectivity index (χ0n) is 13.2. The molecule has 0 aliphatic heterocycles. The molecule has 0 spiro atoms. The largest absolute Gasteiger partial charge is 0.307 e. The second-order valence-electron chi connectivity index (χ2n) is 6.32. The summed E-state index contributed by atoms with van der Waals surface area (Å²) in [6.45, 7) is 8.98. The first-order valence-corrected chi connectivity index (χ1v) is 7.76. The Morgan fingerprint density at radius 3 is 2.53 bits per heavy atom. The lowest BCUT2D eigenvalue weighted by atomic mass is 9.95. The standard InChI is InChI=1S/C16H29N3/c1-11-9-7-6-8-10-15(11)17-12(2)16-13(3)18-19(5)14(16)4/h11-12,15,17H,6-10H2,1-5H3. The van der Waals surface area contributed by atoms with Crippen LogP contribution in [0.1, 0.15) is 68.9 Å². The molecule has 1 heterocycles. The molecule has 1 aliphatic carbocycles. The third-order valence-corrected chi connectivity index (χ3v) is 4.82. The van der Waals surface area contributed by atoms with Crippen molar-refractivity contribution in [2.45, 2.75) is 71.9 Å². The Morgan fingerprint density at radius 2 is 1.89 bits per heavy atom. The highest BCUT2D eigenvalue weighted by molar-refractivity contribution is 5.27. The fourth-order valence-corrected chi connectivity index (χ4v) is 3.56. The summed E-state index contributed by atoms with van der Waals surface area (Å²) in [5, 5.41) is 8.41. The second kappa shape index (κ2) is 6.08. The van der Waals surface area contributed by atoms with E-state index in [4.69, 9.17) is 0 Å². The molecule has 1 aliphatic rings. The van der Waals surface area contributed by atoms with Gasteiger partial charge >= 0.3 is 0 Å². The third-order valence-electron chi connectivity index (χ3n) is 4.82. The maximum Gasteiger partial charge on any atom is 0.0644 e. The number of hydrogen-bond acceptors (Lipinski definition) is 2. The van der Waals surface area contributed by atoms with E-state index in [0.29, 0.717) is 12.1 Å². The van der Waals surface area contributed by atoms with Gasteiger partial charge in [0.15, 0.2) is 0 Å². The van der Waals surface area contributed by atoms with Crippen molar-refractivity contribution in [1.29, 1.82) is 0 Å². The summed E-state index contributed by atoms with van der Waals surface area (Å²) in [5.74, 6) is 0.794. The molecule has 3 unspecified atom stereocenters. The normalized spacial score (nSPS) is 26.2. The van der Waals surface area contributed by atoms with Gasteiger partial charge in [-0.25, -0.2) is 0 Å². The maximum atomic E-state index is 4.54. The minimum absolute atomic E-state index is 0.402. The molecule has 3 atom stereocenters. The average molecular weight is 263 g/mol. The molecule has 2 rings (SSSR count). The van der Waals surface area contributed by atoms with Crippen molar-refractivity contribution in [3.63, 3.8) is 0 Å². The molecule has 1 saturated carbocycles. The van der Waals surface area contributed by atoms with Gasteiger partial charge in [0.25, 0.3) is 0 Å². The first-order valence-electron chi connectivity index (χ1n) is 7.76. The first-order chi connectivity index (χ1) is 9.00. The van der Waals surface area contributed by atoms with Crippen molar-refractivity contribution in [3.8, 4) is 0 Å². The summed E-state index contributed by atoms with van der Waals surface area (Å²) in [5.41, 5.74) is 3.85. The van der Waals surface area contributed by atoms with Crippen LogP contribution in [-0.4, -0.2) is 15.8 Å². The van der Waals surface area contributed by atoms with Crippen molar-refractivity contribution in [3.05, 3.63) is 17.0 Å². The van der Waals surface area contributed by atoms with E-state index in [1.807, 2.05) is 11.7 Å². The lowest BCUT2D eigenvalue weighted by Crippen LogP contribution is -2.36. The fraction of sp³-hybridized carbons (Fsp3) is 0.812. The van der Waals surface area contributed by atoms with Crippen molar-refractivity contribution >= 4 is 0 Å². The Morgan fingerprint density at radius 1 is 1.21 bits per heavy atom. The molecule has 0 amide bonds. The first kappa shape index (κ1) is 14.6. The predicted octanol–water partition coefficient (Wildman–Crippen LogP) is 3.66. The van der Waals surface area contributed by atoms with Crippen LogP contribution in [0, 0.1) is 19.8 Å². The Bertz CT molecular complexity index is 422. The fourth-order valence-electron chi connectivity index (χ4n) is 3.56. The van der Waals surface area contributed by atoms with Gasteiger partial charge in [-0.15, -0.1) is 0 Å². The summed E-state index contributed by atoms with van der Waals surface area (Å²) in [6.07, 6.45) is 6.87. The van der Waals surface area contributed by atoms with Crippen molar-refractivity contribution < 1.29 is 0 Å². The van der Waals surface area contributed by atoms with E-state index < -0.39 is 0 Å². The number of nitrogens with one attached hydrogen (secondary N) is 1. The van der Waals surface area contributed by atoms with Crippen LogP contribution >= 0.6 is 0 Å². The quantitative estimate of drug-likeness (QED) is 0.844. The van der Waals surface area contributed by atoms with Gasteiger partial charge in [-0.05, 0) is 39.5 Å². The molecule has 0 saturated heterocycles. The topological polar surface area (TPSA) is 29.9 Å². The smallest absolute Gasteiger partial charge is 0.0644 e. The highest BCUT2D eigenvalue weighted by Crippen LogP contribution is 2.27. The molecule has 3 nitrogen and oxygen atoms in total. The van der Waals surface area contributed by atoms with Gasteiger partial charge in [-0.2, -0.15) is 5.10 Å². The number of aromatic nitrogens is 2. The van der Waals surface area contributed by atoms with Crippen LogP contribution in [0.3, 0.4) is 0 Å². The molecule has 0 aromatic carbocycles. The summed E-state index contributed by atoms with van der Waals surface area (Å²) in [7, 11) is 2.03. The molecule has 19 heavy (non-hydrogen) atoms. The minimum atomic E-state index is 0.402. The van der Waals surface area contributed by atoms with Crippen molar-refractivity contribution in [2.24, 2.45) is 13.0 Å². The summed E-state index contributed by atoms with van der Waals surface area (Å²) < 4.78 is 2.00. The van der Waals surface area contributed by atoms with Crippen molar-refractivity contribution in [1.82, 2.24) is 15.1 Å². The van der Waals surface area contributed by atoms with Gasteiger partial charge < -0.3 is 5.32 Å². The van der Waals surface area contributed by atoms with Gasteiger partial charge in [-0.1, -0.05) is 26.2 Å². The molecular formula is C16H29N3. The zero-order valence-corrected chi connectivity index (χ0v) is 13.2. The predicted molar refractivity (Wildman–Crippen MR) is 80.3 cm³/mol. The molecule has 0 bridgehead atoms. The highest BCUT2D eigenvalue weighted by Gasteiger charge is 2.24. The summed E-state index contributed by atoms with van der Waals surface area (Å²) in [6, 6.07) is 1.07. The van der Waals surface area contributed by atoms with Crippen LogP contribution in [-0.2, 0) is 7.05 Å². The molecule has 1 fully saturated rings. The van der Waals surface area contributed by atoms with Gasteiger partial charge in [0, 0.05) is 30.4 Å². The van der Waals surface area contributed by atoms with E-state index >= 15 is 0 Å². The molecule has 3 heteroatoms. The molecule has 108 valence electrons. The van der Waals surface area contributed by atoms with Gasteiger partial charge in [0.05, 0.1) is 5.69 Å². The molecule has 1 aromatic heterocycles. The number of hydrogen-bond donors (Lipinski definition) is 1. The van der Waals surface area contributed by atoms with Crippen LogP contribution in [0.15, 0.2) is 0 Å². The van der Waals surface area contributed by atoms with Crippen molar-refractivity contribution in [2.75, 3.05) is 0 Å². The third kappa shape index (κ3) is 3.19. The van der Waals surface area contributed by atoms with Crippen LogP contribution in [0.4, 0.5) is 0 Å². The van der Waals surface area contributed by atoms with E-state index in [1.165, 1.54) is 49.1 Å². The molecular weight excluding hydrogens is 234 g/mol. The monoisotopic (exact) mass is 263 g/mol. The lowest BCUT2D eigenvalue weighted by Gasteiger charge is -2.27.